The van der Waals surface area contributed by atoms with E-state index in [2.05, 4.69) is 11.8 Å². The first kappa shape index (κ1) is 30.3. The zero-order chi connectivity index (χ0) is 30.6. The highest BCUT2D eigenvalue weighted by Gasteiger charge is 2.25. The quantitative estimate of drug-likeness (QED) is 0.122. The second-order valence-electron chi connectivity index (χ2n) is 9.20. The van der Waals surface area contributed by atoms with E-state index in [1.165, 1.54) is 20.1 Å². The molecule has 0 aromatic heterocycles. The van der Waals surface area contributed by atoms with Gasteiger partial charge in [0, 0.05) is 5.56 Å². The topological polar surface area (TPSA) is 18.5 Å². The minimum Gasteiger partial charge on any atom is -0.495 e. The molecule has 0 saturated heterocycles. The Labute approximate surface area is 238 Å². The Hall–Kier alpha value is -4.71. The van der Waals surface area contributed by atoms with Gasteiger partial charge in [0.05, 0.1) is 24.8 Å². The lowest BCUT2D eigenvalue weighted by Crippen LogP contribution is -2.00. The summed E-state index contributed by atoms with van der Waals surface area (Å²) in [6.07, 6.45) is 0.850. The Bertz CT molecular complexity index is 1690. The van der Waals surface area contributed by atoms with E-state index in [0.717, 1.165) is 24.6 Å². The lowest BCUT2D eigenvalue weighted by Gasteiger charge is -2.12. The zero-order valence-electron chi connectivity index (χ0n) is 22.6. The molecule has 9 heteroatoms. The van der Waals surface area contributed by atoms with Crippen molar-refractivity contribution in [3.63, 3.8) is 0 Å². The number of ether oxygens (including phenoxy) is 2. The molecule has 0 unspecified atom stereocenters. The summed E-state index contributed by atoms with van der Waals surface area (Å²) < 4.78 is 114. The zero-order valence-corrected chi connectivity index (χ0v) is 22.6. The molecule has 0 N–H and O–H groups in total. The number of aryl methyl sites for hydroxylation is 1. The Balaban J connectivity index is 1.69. The van der Waals surface area contributed by atoms with Gasteiger partial charge in [-0.3, -0.25) is 0 Å². The van der Waals surface area contributed by atoms with Crippen molar-refractivity contribution >= 4 is 11.7 Å². The second-order valence-corrected chi connectivity index (χ2v) is 9.20. The maximum atomic E-state index is 15.1. The summed E-state index contributed by atoms with van der Waals surface area (Å²) in [5, 5.41) is 0. The average molecular weight is 585 g/mol. The molecule has 0 aliphatic carbocycles. The second kappa shape index (κ2) is 12.9. The monoisotopic (exact) mass is 584 g/mol. The van der Waals surface area contributed by atoms with Gasteiger partial charge in [-0.05, 0) is 90.7 Å². The van der Waals surface area contributed by atoms with Crippen LogP contribution in [0.3, 0.4) is 0 Å². The first-order chi connectivity index (χ1) is 20.0. The number of hydrogen-bond acceptors (Lipinski definition) is 2. The van der Waals surface area contributed by atoms with Crippen LogP contribution >= 0.6 is 0 Å². The highest BCUT2D eigenvalue weighted by Crippen LogP contribution is 2.37. The lowest BCUT2D eigenvalue weighted by atomic mass is 9.99. The molecule has 0 aliphatic rings. The van der Waals surface area contributed by atoms with Crippen molar-refractivity contribution in [3.8, 4) is 34.5 Å². The molecule has 0 saturated carbocycles. The van der Waals surface area contributed by atoms with Crippen molar-refractivity contribution in [2.45, 2.75) is 20.3 Å². The first-order valence-corrected chi connectivity index (χ1v) is 12.7. The normalized spacial score (nSPS) is 11.5. The van der Waals surface area contributed by atoms with Crippen LogP contribution in [0.5, 0.6) is 11.5 Å². The van der Waals surface area contributed by atoms with Gasteiger partial charge in [0.25, 0.3) is 0 Å². The Morgan fingerprint density at radius 1 is 0.690 bits per heavy atom. The van der Waals surface area contributed by atoms with Gasteiger partial charge in [-0.1, -0.05) is 18.8 Å². The van der Waals surface area contributed by atoms with Crippen molar-refractivity contribution in [3.05, 3.63) is 118 Å². The molecular formula is C33H23F7O2. The standard InChI is InChI=1S/C33H23F7O2/c1-4-11-42-22-8-5-19(6-9-22)7-10-23-24(34)14-21(17-29(23)41-3)20-15-27(37)31(28(38)16-20)33(40)32(39)30-25(35)12-18(2)13-26(30)36/h5-6,8-9,12-17H,4,11H2,1-3H3/b33-32+. The Morgan fingerprint density at radius 3 is 1.71 bits per heavy atom. The van der Waals surface area contributed by atoms with Crippen LogP contribution in [0, 0.1) is 47.9 Å². The van der Waals surface area contributed by atoms with Crippen molar-refractivity contribution < 1.29 is 40.2 Å². The minimum atomic E-state index is -2.14. The van der Waals surface area contributed by atoms with Gasteiger partial charge >= 0.3 is 0 Å². The van der Waals surface area contributed by atoms with Gasteiger partial charge < -0.3 is 9.47 Å². The number of rotatable bonds is 7. The van der Waals surface area contributed by atoms with Crippen LogP contribution in [0.1, 0.15) is 41.2 Å². The summed E-state index contributed by atoms with van der Waals surface area (Å²) in [4.78, 5) is 0. The molecule has 0 aliphatic heterocycles. The summed E-state index contributed by atoms with van der Waals surface area (Å²) >= 11 is 0. The van der Waals surface area contributed by atoms with Gasteiger partial charge in [-0.15, -0.1) is 0 Å². The molecule has 0 amide bonds. The van der Waals surface area contributed by atoms with Gasteiger partial charge in [0.2, 0.25) is 0 Å². The SMILES string of the molecule is CCCOc1ccc(C#Cc2c(F)cc(-c3cc(F)c(/C(F)=C(\F)c4c(F)cc(C)cc4F)c(F)c3)cc2OC)cc1. The highest BCUT2D eigenvalue weighted by molar-refractivity contribution is 5.85. The Kier molecular flexibility index (Phi) is 9.26. The van der Waals surface area contributed by atoms with Crippen molar-refractivity contribution in [2.75, 3.05) is 13.7 Å². The molecule has 216 valence electrons. The third kappa shape index (κ3) is 6.44. The smallest absolute Gasteiger partial charge is 0.172 e. The van der Waals surface area contributed by atoms with E-state index < -0.39 is 51.9 Å². The van der Waals surface area contributed by atoms with E-state index in [9.17, 15) is 26.3 Å². The molecule has 0 atom stereocenters. The maximum absolute atomic E-state index is 15.1. The summed E-state index contributed by atoms with van der Waals surface area (Å²) in [5.41, 5.74) is -2.64. The van der Waals surface area contributed by atoms with E-state index in [1.807, 2.05) is 6.92 Å². The predicted octanol–water partition coefficient (Wildman–Crippen LogP) is 9.32. The van der Waals surface area contributed by atoms with E-state index in [4.69, 9.17) is 9.47 Å². The fraction of sp³-hybridized carbons (Fsp3) is 0.152. The number of methoxy groups -OCH3 is 1. The predicted molar refractivity (Wildman–Crippen MR) is 147 cm³/mol. The Morgan fingerprint density at radius 2 is 1.19 bits per heavy atom. The highest BCUT2D eigenvalue weighted by atomic mass is 19.2. The van der Waals surface area contributed by atoms with Crippen LogP contribution in [0.25, 0.3) is 22.8 Å². The van der Waals surface area contributed by atoms with Gasteiger partial charge in [-0.2, -0.15) is 0 Å². The van der Waals surface area contributed by atoms with E-state index in [0.29, 0.717) is 30.1 Å². The average Bonchev–Trinajstić information content (AvgIpc) is 2.94. The summed E-state index contributed by atoms with van der Waals surface area (Å²) in [6.45, 7) is 3.87. The van der Waals surface area contributed by atoms with Crippen LogP contribution in [-0.4, -0.2) is 13.7 Å². The van der Waals surface area contributed by atoms with E-state index in [-0.39, 0.29) is 28.0 Å². The molecular weight excluding hydrogens is 561 g/mol. The van der Waals surface area contributed by atoms with Gasteiger partial charge in [0.1, 0.15) is 46.1 Å². The summed E-state index contributed by atoms with van der Waals surface area (Å²) in [6, 6.07) is 11.8. The van der Waals surface area contributed by atoms with Crippen LogP contribution in [-0.2, 0) is 0 Å². The van der Waals surface area contributed by atoms with Gasteiger partial charge in [0.15, 0.2) is 11.7 Å². The third-order valence-electron chi connectivity index (χ3n) is 6.13. The molecule has 2 nitrogen and oxygen atoms in total. The minimum absolute atomic E-state index is 0.0484. The van der Waals surface area contributed by atoms with Crippen molar-refractivity contribution in [1.29, 1.82) is 0 Å². The van der Waals surface area contributed by atoms with Crippen LogP contribution in [0.4, 0.5) is 30.7 Å². The molecule has 4 rings (SSSR count). The fourth-order valence-corrected chi connectivity index (χ4v) is 4.10. The molecule has 0 radical (unpaired) electrons. The molecule has 42 heavy (non-hydrogen) atoms. The van der Waals surface area contributed by atoms with Crippen LogP contribution in [0.15, 0.2) is 60.7 Å². The third-order valence-corrected chi connectivity index (χ3v) is 6.13. The lowest BCUT2D eigenvalue weighted by molar-refractivity contribution is 0.317. The van der Waals surface area contributed by atoms with Gasteiger partial charge in [-0.25, -0.2) is 30.7 Å². The molecule has 0 bridgehead atoms. The number of halogens is 7. The van der Waals surface area contributed by atoms with E-state index >= 15 is 4.39 Å². The summed E-state index contributed by atoms with van der Waals surface area (Å²) in [5.74, 6) is -5.08. The maximum Gasteiger partial charge on any atom is 0.172 e. The molecule has 4 aromatic carbocycles. The fourth-order valence-electron chi connectivity index (χ4n) is 4.10. The molecule has 4 aromatic rings. The van der Waals surface area contributed by atoms with Crippen molar-refractivity contribution in [1.82, 2.24) is 0 Å². The molecule has 0 fully saturated rings. The van der Waals surface area contributed by atoms with Crippen molar-refractivity contribution in [2.24, 2.45) is 0 Å². The summed E-state index contributed by atoms with van der Waals surface area (Å²) in [7, 11) is 1.25. The molecule has 0 spiro atoms. The van der Waals surface area contributed by atoms with Crippen LogP contribution < -0.4 is 9.47 Å². The van der Waals surface area contributed by atoms with Crippen LogP contribution in [0.2, 0.25) is 0 Å². The first-order valence-electron chi connectivity index (χ1n) is 12.7. The van der Waals surface area contributed by atoms with E-state index in [1.54, 1.807) is 24.3 Å². The largest absolute Gasteiger partial charge is 0.495 e. The number of hydrogen-bond donors (Lipinski definition) is 0. The molecule has 0 heterocycles. The number of benzene rings is 4.